The molecule has 0 saturated heterocycles. The molecule has 2 heterocycles. The number of rotatable bonds is 7. The van der Waals surface area contributed by atoms with E-state index in [1.807, 2.05) is 46.3 Å². The highest BCUT2D eigenvalue weighted by Crippen LogP contribution is 2.41. The third-order valence-corrected chi connectivity index (χ3v) is 7.33. The number of nitrogens with two attached hydrogens (primary N) is 1. The molecule has 0 aromatic heterocycles. The van der Waals surface area contributed by atoms with Crippen molar-refractivity contribution in [3.8, 4) is 0 Å². The Morgan fingerprint density at radius 1 is 1.21 bits per heavy atom. The zero-order valence-electron chi connectivity index (χ0n) is 19.2. The normalized spacial score (nSPS) is 19.4. The van der Waals surface area contributed by atoms with Gasteiger partial charge in [0, 0.05) is 18.2 Å². The van der Waals surface area contributed by atoms with E-state index in [4.69, 9.17) is 5.84 Å². The highest BCUT2D eigenvalue weighted by atomic mass is 32.2. The van der Waals surface area contributed by atoms with E-state index in [9.17, 15) is 18.3 Å². The van der Waals surface area contributed by atoms with Gasteiger partial charge in [-0.1, -0.05) is 12.1 Å². The van der Waals surface area contributed by atoms with E-state index in [-0.39, 0.29) is 24.2 Å². The lowest BCUT2D eigenvalue weighted by Crippen LogP contribution is -2.42. The van der Waals surface area contributed by atoms with Crippen LogP contribution in [-0.4, -0.2) is 48.3 Å². The molecule has 1 saturated carbocycles. The van der Waals surface area contributed by atoms with Gasteiger partial charge in [0.25, 0.3) is 5.91 Å². The molecular weight excluding hydrogens is 454 g/mol. The Bertz CT molecular complexity index is 1270. The summed E-state index contributed by atoms with van der Waals surface area (Å²) in [5.74, 6) is 6.64. The van der Waals surface area contributed by atoms with Gasteiger partial charge in [-0.25, -0.2) is 14.3 Å². The molecule has 0 radical (unpaired) electrons. The second-order valence-electron chi connectivity index (χ2n) is 9.29. The van der Waals surface area contributed by atoms with Crippen LogP contribution in [0.1, 0.15) is 46.8 Å². The Morgan fingerprint density at radius 3 is 2.53 bits per heavy atom. The summed E-state index contributed by atoms with van der Waals surface area (Å²) in [6.07, 6.45) is 5.28. The molecule has 1 unspecified atom stereocenters. The summed E-state index contributed by atoms with van der Waals surface area (Å²) in [4.78, 5) is 15.2. The summed E-state index contributed by atoms with van der Waals surface area (Å²) < 4.78 is 26.9. The molecule has 9 nitrogen and oxygen atoms in total. The molecule has 180 valence electrons. The summed E-state index contributed by atoms with van der Waals surface area (Å²) in [5.41, 5.74) is 4.66. The average Bonchev–Trinajstić information content (AvgIpc) is 3.49. The molecule has 1 amide bonds. The molecule has 2 aromatic carbocycles. The molecule has 1 aliphatic carbocycles. The van der Waals surface area contributed by atoms with Crippen molar-refractivity contribution >= 4 is 33.0 Å². The molecule has 5 rings (SSSR count). The van der Waals surface area contributed by atoms with Crippen molar-refractivity contribution in [2.24, 2.45) is 11.8 Å². The van der Waals surface area contributed by atoms with Gasteiger partial charge in [0.2, 0.25) is 10.0 Å². The molecule has 3 aliphatic rings. The highest BCUT2D eigenvalue weighted by Gasteiger charge is 2.40. The van der Waals surface area contributed by atoms with Crippen molar-refractivity contribution in [2.45, 2.75) is 39.0 Å². The van der Waals surface area contributed by atoms with Crippen LogP contribution in [0.4, 0.5) is 11.4 Å². The predicted octanol–water partition coefficient (Wildman–Crippen LogP) is 2.26. The molecule has 2 aliphatic heterocycles. The Kier molecular flexibility index (Phi) is 5.64. The van der Waals surface area contributed by atoms with E-state index >= 15 is 0 Å². The number of amides is 1. The van der Waals surface area contributed by atoms with Gasteiger partial charge in [-0.15, -0.1) is 0 Å². The number of anilines is 2. The Labute approximate surface area is 199 Å². The summed E-state index contributed by atoms with van der Waals surface area (Å²) in [7, 11) is -3.60. The number of aliphatic hydroxyl groups is 1. The number of nitrogens with zero attached hydrogens (tertiary/aromatic N) is 3. The fourth-order valence-corrected chi connectivity index (χ4v) is 5.39. The van der Waals surface area contributed by atoms with Crippen molar-refractivity contribution in [1.29, 1.82) is 0 Å². The van der Waals surface area contributed by atoms with Gasteiger partial charge in [-0.05, 0) is 67.2 Å². The number of hydrogen-bond acceptors (Lipinski definition) is 7. The van der Waals surface area contributed by atoms with Gasteiger partial charge in [0.15, 0.2) is 0 Å². The maximum Gasteiger partial charge on any atom is 0.256 e. The summed E-state index contributed by atoms with van der Waals surface area (Å²) in [6, 6.07) is 11.2. The highest BCUT2D eigenvalue weighted by molar-refractivity contribution is 7.92. The van der Waals surface area contributed by atoms with E-state index in [2.05, 4.69) is 11.6 Å². The number of carbonyl (C=O) groups is 1. The van der Waals surface area contributed by atoms with Crippen molar-refractivity contribution < 1.29 is 18.3 Å². The van der Waals surface area contributed by atoms with Crippen LogP contribution in [0.25, 0.3) is 5.70 Å². The van der Waals surface area contributed by atoms with E-state index in [0.717, 1.165) is 47.2 Å². The molecule has 10 heteroatoms. The zero-order chi connectivity index (χ0) is 24.2. The van der Waals surface area contributed by atoms with Gasteiger partial charge in [0.05, 0.1) is 42.0 Å². The van der Waals surface area contributed by atoms with Gasteiger partial charge < -0.3 is 10.0 Å². The molecule has 0 spiro atoms. The maximum absolute atomic E-state index is 13.3. The molecule has 34 heavy (non-hydrogen) atoms. The number of sulfonamides is 1. The first-order valence-electron chi connectivity index (χ1n) is 11.3. The largest absolute Gasteiger partial charge is 0.392 e. The minimum atomic E-state index is -3.60. The first-order valence-corrected chi connectivity index (χ1v) is 13.2. The minimum absolute atomic E-state index is 0.0511. The van der Waals surface area contributed by atoms with E-state index < -0.39 is 10.0 Å². The Morgan fingerprint density at radius 2 is 1.91 bits per heavy atom. The first kappa shape index (κ1) is 22.9. The topological polar surface area (TPSA) is 119 Å². The lowest BCUT2D eigenvalue weighted by molar-refractivity contribution is 0.0698. The fraction of sp³-hybridized carbons (Fsp3) is 0.375. The second-order valence-corrected chi connectivity index (χ2v) is 11.0. The molecule has 4 N–H and O–H groups in total. The fourth-order valence-electron chi connectivity index (χ4n) is 4.83. The number of hydrogen-bond donors (Lipinski definition) is 3. The molecule has 1 fully saturated rings. The Balaban J connectivity index is 1.56. The van der Waals surface area contributed by atoms with E-state index in [1.165, 1.54) is 0 Å². The number of carbonyl (C=O) groups excluding carboxylic acids is 1. The molecule has 0 bridgehead atoms. The third-order valence-electron chi connectivity index (χ3n) is 6.74. The van der Waals surface area contributed by atoms with Crippen LogP contribution in [-0.2, 0) is 23.2 Å². The molecular formula is C24H29N5O4S. The Hall–Kier alpha value is -2.92. The number of nitrogens with one attached hydrogen (secondary N) is 1. The van der Waals surface area contributed by atoms with E-state index in [1.54, 1.807) is 11.2 Å². The number of aliphatic hydroxyl groups excluding tert-OH is 1. The van der Waals surface area contributed by atoms with Crippen LogP contribution in [0.2, 0.25) is 0 Å². The predicted molar refractivity (Wildman–Crippen MR) is 131 cm³/mol. The lowest BCUT2D eigenvalue weighted by atomic mass is 10.0. The standard InChI is InChI=1S/C24H29N5O4S/c1-15(17-5-6-17)27-13-19-11-18(12-21(23(19)24(27)31)26-34(2,32)33)22-9-10-28(25)29(22)20-7-3-16(14-30)4-8-20/h3-4,7-9,11-12,15,17,26,30H,5-6,10,13-14,25H2,1-2H3. The SMILES string of the molecule is CC(C1CC1)N1Cc2cc(C3=CCN(N)N3c3ccc(CO)cc3)cc(NS(C)(=O)=O)c2C1=O. The quantitative estimate of drug-likeness (QED) is 0.517. The van der Waals surface area contributed by atoms with Gasteiger partial charge >= 0.3 is 0 Å². The van der Waals surface area contributed by atoms with Crippen LogP contribution >= 0.6 is 0 Å². The van der Waals surface area contributed by atoms with E-state index in [0.29, 0.717) is 24.6 Å². The van der Waals surface area contributed by atoms with Crippen LogP contribution < -0.4 is 15.6 Å². The summed E-state index contributed by atoms with van der Waals surface area (Å²) >= 11 is 0. The van der Waals surface area contributed by atoms with Crippen LogP contribution in [0.3, 0.4) is 0 Å². The smallest absolute Gasteiger partial charge is 0.256 e. The lowest BCUT2D eigenvalue weighted by Gasteiger charge is -2.29. The van der Waals surface area contributed by atoms with Crippen molar-refractivity contribution in [2.75, 3.05) is 22.5 Å². The minimum Gasteiger partial charge on any atom is -0.392 e. The second kappa shape index (κ2) is 8.38. The maximum atomic E-state index is 13.3. The summed E-state index contributed by atoms with van der Waals surface area (Å²) in [6.45, 7) is 2.93. The van der Waals surface area contributed by atoms with Crippen molar-refractivity contribution in [1.82, 2.24) is 10.0 Å². The zero-order valence-corrected chi connectivity index (χ0v) is 20.0. The monoisotopic (exact) mass is 483 g/mol. The third kappa shape index (κ3) is 4.18. The van der Waals surface area contributed by atoms with Crippen LogP contribution in [0, 0.1) is 5.92 Å². The van der Waals surface area contributed by atoms with Crippen LogP contribution in [0.5, 0.6) is 0 Å². The van der Waals surface area contributed by atoms with Crippen molar-refractivity contribution in [3.05, 3.63) is 64.7 Å². The average molecular weight is 484 g/mol. The first-order chi connectivity index (χ1) is 16.2. The van der Waals surface area contributed by atoms with Gasteiger partial charge in [-0.2, -0.15) is 5.12 Å². The van der Waals surface area contributed by atoms with Crippen molar-refractivity contribution in [3.63, 3.8) is 0 Å². The van der Waals surface area contributed by atoms with Crippen LogP contribution in [0.15, 0.2) is 42.5 Å². The summed E-state index contributed by atoms with van der Waals surface area (Å²) in [5, 5.41) is 12.8. The molecule has 2 aromatic rings. The van der Waals surface area contributed by atoms with Gasteiger partial charge in [0.1, 0.15) is 0 Å². The van der Waals surface area contributed by atoms with Gasteiger partial charge in [-0.3, -0.25) is 14.5 Å². The number of benzene rings is 2. The number of hydrazine groups is 2. The molecule has 1 atom stereocenters. The number of fused-ring (bicyclic) bond motifs is 1.